The second kappa shape index (κ2) is 48.8. The fourth-order valence-corrected chi connectivity index (χ4v) is 3.61. The minimum atomic E-state index is -1.16. The summed E-state index contributed by atoms with van der Waals surface area (Å²) in [6, 6.07) is 0. The Balaban J connectivity index is -0.0000000857. The van der Waals surface area contributed by atoms with Crippen LogP contribution in [-0.4, -0.2) is 25.3 Å². The van der Waals surface area contributed by atoms with Crippen molar-refractivity contribution in [3.8, 4) is 0 Å². The Bertz CT molecular complexity index is 381. The average molecular weight is 757 g/mol. The maximum Gasteiger partial charge on any atom is 4.00 e. The van der Waals surface area contributed by atoms with E-state index in [4.69, 9.17) is 0 Å². The monoisotopic (exact) mass is 755 g/mol. The third kappa shape index (κ3) is 61.4. The van der Waals surface area contributed by atoms with Crippen LogP contribution in [0.25, 0.3) is 0 Å². The van der Waals surface area contributed by atoms with E-state index in [1.54, 1.807) is 0 Å². The molecule has 0 saturated carbocycles. The van der Waals surface area contributed by atoms with Crippen LogP contribution in [0.3, 0.4) is 0 Å². The van der Waals surface area contributed by atoms with Gasteiger partial charge in [0.25, 0.3) is 0 Å². The Morgan fingerprint density at radius 3 is 0.838 bits per heavy atom. The van der Waals surface area contributed by atoms with Crippen molar-refractivity contribution < 1.29 is 65.7 Å². The zero-order valence-corrected chi connectivity index (χ0v) is 27.5. The van der Waals surface area contributed by atoms with E-state index in [1.165, 1.54) is 103 Å². The summed E-state index contributed by atoms with van der Waals surface area (Å²) >= 11 is 0. The molecule has 0 aromatic heterocycles. The summed E-state index contributed by atoms with van der Waals surface area (Å²) in [6.45, 7) is 5.55. The van der Waals surface area contributed by atoms with Crippen LogP contribution in [-0.2, 0) is 21.1 Å². The Kier molecular flexibility index (Phi) is 69.9. The number of unbranched alkanes of at least 4 members (excludes halogenated alkanes) is 18. The van der Waals surface area contributed by atoms with Gasteiger partial charge in [0.1, 0.15) is 12.2 Å². The second-order valence-corrected chi connectivity index (χ2v) is 8.79. The number of halogens is 2. The van der Waals surface area contributed by atoms with Crippen LogP contribution >= 0.6 is 0 Å². The van der Waals surface area contributed by atoms with Crippen molar-refractivity contribution in [2.45, 2.75) is 142 Å². The Morgan fingerprint density at radius 2 is 0.649 bits per heavy atom. The van der Waals surface area contributed by atoms with Gasteiger partial charge >= 0.3 is 21.1 Å². The molecule has 0 aliphatic carbocycles. The van der Waals surface area contributed by atoms with Crippen molar-refractivity contribution in [2.75, 3.05) is 13.1 Å². The number of nitrogens with one attached hydrogen (secondary N) is 2. The molecule has 11 heteroatoms. The third-order valence-electron chi connectivity index (χ3n) is 5.60. The molecule has 0 aliphatic heterocycles. The molecule has 0 atom stereocenters. The third-order valence-corrected chi connectivity index (χ3v) is 5.60. The first-order valence-electron chi connectivity index (χ1n) is 13.4. The minimum Gasteiger partial charge on any atom is -1.00 e. The summed E-state index contributed by atoms with van der Waals surface area (Å²) in [5.74, 6) is 0. The number of hydrogen-bond acceptors (Lipinski definition) is 6. The molecule has 0 saturated heterocycles. The molecule has 8 nitrogen and oxygen atoms in total. The van der Waals surface area contributed by atoms with Gasteiger partial charge in [-0.15, -0.1) is 0 Å². The molecule has 37 heavy (non-hydrogen) atoms. The van der Waals surface area contributed by atoms with Gasteiger partial charge in [0.2, 0.25) is 0 Å². The Labute approximate surface area is 255 Å². The summed E-state index contributed by atoms with van der Waals surface area (Å²) in [5, 5.41) is 24.6. The van der Waals surface area contributed by atoms with Crippen molar-refractivity contribution in [3.63, 3.8) is 0 Å². The number of carbonyl (C=O) groups excluding carboxylic acids is 2. The second-order valence-electron chi connectivity index (χ2n) is 8.79. The Morgan fingerprint density at radius 1 is 0.459 bits per heavy atom. The van der Waals surface area contributed by atoms with Gasteiger partial charge in [0, 0.05) is 13.1 Å². The maximum absolute atomic E-state index is 10.0. The summed E-state index contributed by atoms with van der Waals surface area (Å²) in [4.78, 5) is 20.1. The van der Waals surface area contributed by atoms with Gasteiger partial charge < -0.3 is 67.6 Å². The van der Waals surface area contributed by atoms with Crippen molar-refractivity contribution in [1.29, 1.82) is 0 Å². The van der Waals surface area contributed by atoms with E-state index in [0.717, 1.165) is 25.7 Å². The van der Waals surface area contributed by atoms with Crippen LogP contribution in [0, 0.1) is 0 Å². The first-order chi connectivity index (χ1) is 15.5. The first-order valence-corrected chi connectivity index (χ1v) is 13.4. The van der Waals surface area contributed by atoms with Gasteiger partial charge in [-0.05, 0) is 12.8 Å². The van der Waals surface area contributed by atoms with Crippen LogP contribution in [0.2, 0.25) is 0 Å². The number of rotatable bonds is 22. The number of carbonyl (C=O) groups is 2. The van der Waals surface area contributed by atoms with Crippen LogP contribution in [0.15, 0.2) is 0 Å². The predicted octanol–water partition coefficient (Wildman–Crippen LogP) is 0.00990. The molecule has 0 heterocycles. The summed E-state index contributed by atoms with van der Waals surface area (Å²) in [7, 11) is 0. The maximum atomic E-state index is 10.0. The van der Waals surface area contributed by atoms with E-state index >= 15 is 0 Å². The molecule has 0 unspecified atom stereocenters. The topological polar surface area (TPSA) is 174 Å². The van der Waals surface area contributed by atoms with E-state index in [1.807, 2.05) is 0 Å². The molecule has 8 N–H and O–H groups in total. The zero-order chi connectivity index (χ0) is 24.1. The van der Waals surface area contributed by atoms with Crippen molar-refractivity contribution in [1.82, 2.24) is 22.9 Å². The zero-order valence-electron chi connectivity index (χ0n) is 23.7. The first kappa shape index (κ1) is 53.1. The van der Waals surface area contributed by atoms with Crippen LogP contribution in [0.4, 0.5) is 9.59 Å². The van der Waals surface area contributed by atoms with Gasteiger partial charge in [0.05, 0.1) is 0 Å². The van der Waals surface area contributed by atoms with E-state index in [2.05, 4.69) is 24.5 Å². The predicted molar refractivity (Wildman–Crippen MR) is 141 cm³/mol. The molecule has 0 radical (unpaired) electrons. The van der Waals surface area contributed by atoms with Gasteiger partial charge in [-0.1, -0.05) is 129 Å². The van der Waals surface area contributed by atoms with E-state index in [9.17, 15) is 19.8 Å². The summed E-state index contributed by atoms with van der Waals surface area (Å²) in [5.41, 5.74) is 0. The van der Waals surface area contributed by atoms with Crippen molar-refractivity contribution in [2.24, 2.45) is 0 Å². The van der Waals surface area contributed by atoms with Crippen LogP contribution in [0.1, 0.15) is 142 Å². The number of hydrogen-bond donors (Lipinski definition) is 4. The molecule has 2 amide bonds. The molecule has 230 valence electrons. The van der Waals surface area contributed by atoms with Crippen molar-refractivity contribution in [3.05, 3.63) is 0 Å². The molecule has 0 fully saturated rings. The molecule has 0 rings (SSSR count). The largest absolute Gasteiger partial charge is 4.00 e. The standard InChI is InChI=1S/2C13H27NO2.2ClH.2H3N.Pt/c2*1-2-3-4-5-6-7-8-9-10-11-12-14-13(15)16;;;;;/h2*14H,2-12H2,1H3,(H,15,16);2*1H;2*1H3;/q;;;;;;+4/p-4. The summed E-state index contributed by atoms with van der Waals surface area (Å²) < 4.78 is 0. The molecule has 0 aromatic carbocycles. The molecule has 0 spiro atoms. The fourth-order valence-electron chi connectivity index (χ4n) is 3.61. The average Bonchev–Trinajstić information content (AvgIpc) is 2.76. The van der Waals surface area contributed by atoms with Crippen molar-refractivity contribution >= 4 is 12.2 Å². The van der Waals surface area contributed by atoms with Crippen LogP contribution < -0.4 is 58.0 Å². The van der Waals surface area contributed by atoms with Gasteiger partial charge in [-0.3, -0.25) is 0 Å². The van der Waals surface area contributed by atoms with E-state index in [-0.39, 0.29) is 58.2 Å². The van der Waals surface area contributed by atoms with Gasteiger partial charge in [-0.2, -0.15) is 0 Å². The number of amides is 2. The van der Waals surface area contributed by atoms with E-state index < -0.39 is 12.2 Å². The molecule has 0 aromatic rings. The minimum absolute atomic E-state index is 0. The molecule has 0 bridgehead atoms. The van der Waals surface area contributed by atoms with Gasteiger partial charge in [0.15, 0.2) is 0 Å². The quantitative estimate of drug-likeness (QED) is 0.113. The van der Waals surface area contributed by atoms with Gasteiger partial charge in [-0.25, -0.2) is 0 Å². The number of carboxylic acid groups (broad SMARTS) is 2. The normalized spacial score (nSPS) is 8.92. The molecular formula is C26H58Cl2N4O4Pt. The summed E-state index contributed by atoms with van der Waals surface area (Å²) in [6.07, 6.45) is 23.1. The fraction of sp³-hybridized carbons (Fsp3) is 0.923. The van der Waals surface area contributed by atoms with Crippen LogP contribution in [0.5, 0.6) is 0 Å². The smallest absolute Gasteiger partial charge is 1.00 e. The Hall–Kier alpha value is -0.272. The SMILES string of the molecule is CCCCCCCCCCCCNC(=O)[O-].CCCCCCCCCCCCNC(=O)[O-].N.N.[Cl-].[Cl-].[Pt+4]. The van der Waals surface area contributed by atoms with E-state index in [0.29, 0.717) is 13.1 Å². The molecular weight excluding hydrogens is 698 g/mol. The molecule has 0 aliphatic rings.